The summed E-state index contributed by atoms with van der Waals surface area (Å²) in [5.74, 6) is -0.255. The number of carbonyl (C=O) groups excluding carboxylic acids is 1. The van der Waals surface area contributed by atoms with Gasteiger partial charge in [-0.15, -0.1) is 0 Å². The largest absolute Gasteiger partial charge is 0.394 e. The van der Waals surface area contributed by atoms with Crippen molar-refractivity contribution in [1.82, 2.24) is 20.1 Å². The fourth-order valence-corrected chi connectivity index (χ4v) is 3.52. The molecule has 0 bridgehead atoms. The normalized spacial score (nSPS) is 17.3. The number of rotatable bonds is 2. The zero-order valence-electron chi connectivity index (χ0n) is 11.8. The van der Waals surface area contributed by atoms with E-state index in [9.17, 15) is 9.90 Å². The van der Waals surface area contributed by atoms with Crippen molar-refractivity contribution < 1.29 is 9.90 Å². The maximum atomic E-state index is 12.6. The maximum Gasteiger partial charge on any atom is 0.268 e. The second kappa shape index (κ2) is 5.26. The van der Waals surface area contributed by atoms with Crippen LogP contribution in [0.15, 0.2) is 24.5 Å². The first-order chi connectivity index (χ1) is 11.1. The van der Waals surface area contributed by atoms with Gasteiger partial charge in [-0.25, -0.2) is 0 Å². The highest BCUT2D eigenvalue weighted by Gasteiger charge is 2.32. The van der Waals surface area contributed by atoms with E-state index in [2.05, 4.69) is 15.5 Å². The molecule has 0 saturated carbocycles. The van der Waals surface area contributed by atoms with Gasteiger partial charge in [0.15, 0.2) is 0 Å². The molecule has 3 heterocycles. The third-order valence-electron chi connectivity index (χ3n) is 4.08. The molecule has 1 atom stereocenters. The van der Waals surface area contributed by atoms with E-state index in [-0.39, 0.29) is 18.6 Å². The molecule has 0 aliphatic carbocycles. The molecule has 1 aliphatic heterocycles. The summed E-state index contributed by atoms with van der Waals surface area (Å²) in [5.41, 5.74) is 2.73. The van der Waals surface area contributed by atoms with Crippen molar-refractivity contribution in [2.45, 2.75) is 12.6 Å². The Kier molecular flexibility index (Phi) is 3.33. The number of hydrogen-bond donors (Lipinski definition) is 3. The van der Waals surface area contributed by atoms with Crippen molar-refractivity contribution in [3.05, 3.63) is 40.3 Å². The van der Waals surface area contributed by atoms with E-state index in [1.165, 1.54) is 0 Å². The van der Waals surface area contributed by atoms with Crippen LogP contribution < -0.4 is 5.32 Å². The summed E-state index contributed by atoms with van der Waals surface area (Å²) in [6, 6.07) is 3.19. The lowest BCUT2D eigenvalue weighted by Gasteiger charge is -2.25. The minimum absolute atomic E-state index is 0.149. The topological polar surface area (TPSA) is 82.9 Å². The monoisotopic (exact) mass is 350 g/mol. The number of hydrogen-bond acceptors (Lipinski definition) is 3. The lowest BCUT2D eigenvalue weighted by molar-refractivity contribution is 0.0872. The summed E-state index contributed by atoms with van der Waals surface area (Å²) >= 11 is 12.6. The standard InChI is InChI=1S/C15H12Cl2N4O2/c16-10-2-1-9-11(7-3-18-19-4-7)14-15(23)20-8(6-22)5-21(14)13(9)12(10)17/h1-4,8,22H,5-6H2,(H,18,19)(H,20,23)/t8-/m1/s1. The number of aromatic nitrogens is 3. The van der Waals surface area contributed by atoms with Crippen LogP contribution in [0.3, 0.4) is 0 Å². The predicted molar refractivity (Wildman–Crippen MR) is 87.9 cm³/mol. The molecule has 0 saturated heterocycles. The van der Waals surface area contributed by atoms with Crippen LogP contribution in [-0.4, -0.2) is 38.4 Å². The number of H-pyrrole nitrogens is 1. The van der Waals surface area contributed by atoms with Gasteiger partial charge in [0.2, 0.25) is 0 Å². The summed E-state index contributed by atoms with van der Waals surface area (Å²) in [6.45, 7) is 0.274. The van der Waals surface area contributed by atoms with Crippen LogP contribution in [0.2, 0.25) is 10.0 Å². The summed E-state index contributed by atoms with van der Waals surface area (Å²) < 4.78 is 1.82. The number of aliphatic hydroxyl groups is 1. The highest BCUT2D eigenvalue weighted by Crippen LogP contribution is 2.41. The summed E-state index contributed by atoms with van der Waals surface area (Å²) in [4.78, 5) is 12.6. The van der Waals surface area contributed by atoms with Crippen molar-refractivity contribution in [2.75, 3.05) is 6.61 Å². The zero-order valence-corrected chi connectivity index (χ0v) is 13.3. The molecule has 0 unspecified atom stereocenters. The van der Waals surface area contributed by atoms with Crippen LogP contribution in [0.1, 0.15) is 10.5 Å². The van der Waals surface area contributed by atoms with Crippen molar-refractivity contribution in [3.63, 3.8) is 0 Å². The van der Waals surface area contributed by atoms with Gasteiger partial charge < -0.3 is 15.0 Å². The van der Waals surface area contributed by atoms with E-state index in [1.54, 1.807) is 18.5 Å². The van der Waals surface area contributed by atoms with Gasteiger partial charge in [0.25, 0.3) is 5.91 Å². The van der Waals surface area contributed by atoms with Gasteiger partial charge in [-0.3, -0.25) is 9.89 Å². The second-order valence-electron chi connectivity index (χ2n) is 5.43. The van der Waals surface area contributed by atoms with E-state index in [0.29, 0.717) is 27.8 Å². The molecule has 23 heavy (non-hydrogen) atoms. The molecule has 6 nitrogen and oxygen atoms in total. The van der Waals surface area contributed by atoms with Crippen LogP contribution in [0, 0.1) is 0 Å². The quantitative estimate of drug-likeness (QED) is 0.663. The summed E-state index contributed by atoms with van der Waals surface area (Å²) in [6.07, 6.45) is 3.38. The van der Waals surface area contributed by atoms with Crippen LogP contribution in [-0.2, 0) is 6.54 Å². The van der Waals surface area contributed by atoms with Crippen LogP contribution in [0.4, 0.5) is 0 Å². The molecule has 3 aromatic rings. The van der Waals surface area contributed by atoms with E-state index in [1.807, 2.05) is 10.6 Å². The third-order valence-corrected chi connectivity index (χ3v) is 4.87. The first kappa shape index (κ1) is 14.6. The smallest absolute Gasteiger partial charge is 0.268 e. The van der Waals surface area contributed by atoms with Gasteiger partial charge in [-0.2, -0.15) is 5.10 Å². The van der Waals surface area contributed by atoms with Crippen molar-refractivity contribution in [2.24, 2.45) is 0 Å². The Labute approximate surface area is 141 Å². The molecule has 4 rings (SSSR count). The SMILES string of the molecule is O=C1N[C@@H](CO)Cn2c1c(-c1cn[nH]c1)c1ccc(Cl)c(Cl)c12. The molecule has 1 aliphatic rings. The van der Waals surface area contributed by atoms with Gasteiger partial charge in [0.05, 0.1) is 34.4 Å². The fourth-order valence-electron chi connectivity index (χ4n) is 3.10. The number of benzene rings is 1. The molecular weight excluding hydrogens is 339 g/mol. The molecule has 0 fully saturated rings. The van der Waals surface area contributed by atoms with Gasteiger partial charge in [-0.05, 0) is 6.07 Å². The molecular formula is C15H12Cl2N4O2. The van der Waals surface area contributed by atoms with Gasteiger partial charge in [0.1, 0.15) is 5.69 Å². The second-order valence-corrected chi connectivity index (χ2v) is 6.22. The average molecular weight is 351 g/mol. The molecule has 0 spiro atoms. The van der Waals surface area contributed by atoms with Gasteiger partial charge in [-0.1, -0.05) is 29.3 Å². The minimum atomic E-state index is -0.363. The third kappa shape index (κ3) is 2.06. The molecule has 1 aromatic carbocycles. The number of amides is 1. The Hall–Kier alpha value is -2.02. The molecule has 8 heteroatoms. The minimum Gasteiger partial charge on any atom is -0.394 e. The van der Waals surface area contributed by atoms with Crippen LogP contribution in [0.5, 0.6) is 0 Å². The Morgan fingerprint density at radius 1 is 1.39 bits per heavy atom. The van der Waals surface area contributed by atoms with Crippen molar-refractivity contribution >= 4 is 40.0 Å². The number of nitrogens with zero attached hydrogens (tertiary/aromatic N) is 2. The van der Waals surface area contributed by atoms with Crippen LogP contribution in [0.25, 0.3) is 22.0 Å². The average Bonchev–Trinajstić information content (AvgIpc) is 3.16. The zero-order chi connectivity index (χ0) is 16.1. The lowest BCUT2D eigenvalue weighted by atomic mass is 10.0. The molecule has 1 amide bonds. The molecule has 3 N–H and O–H groups in total. The van der Waals surface area contributed by atoms with E-state index in [0.717, 1.165) is 16.5 Å². The number of nitrogens with one attached hydrogen (secondary N) is 2. The highest BCUT2D eigenvalue weighted by molar-refractivity contribution is 6.45. The van der Waals surface area contributed by atoms with Crippen LogP contribution >= 0.6 is 23.2 Å². The van der Waals surface area contributed by atoms with E-state index in [4.69, 9.17) is 23.2 Å². The predicted octanol–water partition coefficient (Wildman–Crippen LogP) is 2.44. The number of aliphatic hydroxyl groups excluding tert-OH is 1. The Balaban J connectivity index is 2.13. The fraction of sp³-hybridized carbons (Fsp3) is 0.200. The number of carbonyl (C=O) groups is 1. The molecule has 0 radical (unpaired) electrons. The van der Waals surface area contributed by atoms with E-state index >= 15 is 0 Å². The first-order valence-corrected chi connectivity index (χ1v) is 7.78. The molecule has 2 aromatic heterocycles. The van der Waals surface area contributed by atoms with E-state index < -0.39 is 0 Å². The Bertz CT molecular complexity index is 918. The van der Waals surface area contributed by atoms with Crippen molar-refractivity contribution in [3.8, 4) is 11.1 Å². The number of fused-ring (bicyclic) bond motifs is 3. The van der Waals surface area contributed by atoms with Gasteiger partial charge in [0, 0.05) is 29.3 Å². The van der Waals surface area contributed by atoms with Gasteiger partial charge >= 0.3 is 0 Å². The summed E-state index contributed by atoms with van der Waals surface area (Å²) in [5, 5.41) is 20.6. The first-order valence-electron chi connectivity index (χ1n) is 7.03. The summed E-state index contributed by atoms with van der Waals surface area (Å²) in [7, 11) is 0. The lowest BCUT2D eigenvalue weighted by Crippen LogP contribution is -2.46. The Morgan fingerprint density at radius 3 is 2.91 bits per heavy atom. The maximum absolute atomic E-state index is 12.6. The Morgan fingerprint density at radius 2 is 2.22 bits per heavy atom. The number of halogens is 2. The molecule has 118 valence electrons. The number of aromatic amines is 1. The highest BCUT2D eigenvalue weighted by atomic mass is 35.5. The van der Waals surface area contributed by atoms with Crippen molar-refractivity contribution in [1.29, 1.82) is 0 Å².